The van der Waals surface area contributed by atoms with E-state index < -0.39 is 11.9 Å². The average Bonchev–Trinajstić information content (AvgIpc) is 3.31. The largest absolute Gasteiger partial charge is 0.454 e. The van der Waals surface area contributed by atoms with E-state index in [0.717, 1.165) is 36.7 Å². The molecule has 0 saturated carbocycles. The predicted molar refractivity (Wildman–Crippen MR) is 109 cm³/mol. The molecule has 0 N–H and O–H groups in total. The van der Waals surface area contributed by atoms with Crippen molar-refractivity contribution < 1.29 is 27.4 Å². The molecule has 168 valence electrons. The highest BCUT2D eigenvalue weighted by Crippen LogP contribution is 2.35. The van der Waals surface area contributed by atoms with Gasteiger partial charge in [0.2, 0.25) is 12.7 Å². The molecule has 1 fully saturated rings. The molecule has 4 rings (SSSR count). The normalized spacial score (nSPS) is 16.7. The first-order valence-electron chi connectivity index (χ1n) is 9.91. The zero-order valence-electron chi connectivity index (χ0n) is 16.9. The summed E-state index contributed by atoms with van der Waals surface area (Å²) in [5.74, 6) is 1.42. The Morgan fingerprint density at radius 3 is 2.55 bits per heavy atom. The number of fused-ring (bicyclic) bond motifs is 1. The molecule has 1 aromatic carbocycles. The lowest BCUT2D eigenvalue weighted by molar-refractivity contribution is -0.142. The van der Waals surface area contributed by atoms with Crippen molar-refractivity contribution in [1.82, 2.24) is 19.6 Å². The number of amides is 1. The summed E-state index contributed by atoms with van der Waals surface area (Å²) in [5, 5.41) is 3.63. The van der Waals surface area contributed by atoms with Gasteiger partial charge >= 0.3 is 6.18 Å². The number of rotatable bonds is 5. The second-order valence-corrected chi connectivity index (χ2v) is 8.36. The molecule has 0 bridgehead atoms. The van der Waals surface area contributed by atoms with Crippen molar-refractivity contribution in [3.05, 3.63) is 39.6 Å². The third kappa shape index (κ3) is 4.82. The number of benzene rings is 1. The minimum absolute atomic E-state index is 0.0791. The number of ether oxygens (including phenoxy) is 2. The fourth-order valence-corrected chi connectivity index (χ4v) is 4.24. The van der Waals surface area contributed by atoms with E-state index in [1.165, 1.54) is 4.68 Å². The van der Waals surface area contributed by atoms with Crippen LogP contribution in [0.5, 0.6) is 11.5 Å². The van der Waals surface area contributed by atoms with Crippen molar-refractivity contribution >= 4 is 21.8 Å². The maximum Gasteiger partial charge on any atom is 0.436 e. The predicted octanol–water partition coefficient (Wildman–Crippen LogP) is 3.44. The smallest absolute Gasteiger partial charge is 0.436 e. The fourth-order valence-electron chi connectivity index (χ4n) is 3.74. The first-order valence-corrected chi connectivity index (χ1v) is 10.7. The SMILES string of the molecule is Cc1c(Br)c(C(F)(F)F)nn1CCC(=O)N1CCN(Cc2ccc3c(c2)OCO3)CC1. The summed E-state index contributed by atoms with van der Waals surface area (Å²) in [6, 6.07) is 5.88. The number of hydrogen-bond acceptors (Lipinski definition) is 5. The molecular formula is C20H22BrF3N4O3. The Bertz CT molecular complexity index is 971. The molecule has 2 aliphatic heterocycles. The maximum absolute atomic E-state index is 13.0. The molecule has 1 aromatic heterocycles. The minimum Gasteiger partial charge on any atom is -0.454 e. The quantitative estimate of drug-likeness (QED) is 0.626. The number of hydrogen-bond donors (Lipinski definition) is 0. The Morgan fingerprint density at radius 1 is 1.16 bits per heavy atom. The summed E-state index contributed by atoms with van der Waals surface area (Å²) in [5.41, 5.74) is 0.507. The number of halogens is 4. The number of alkyl halides is 3. The monoisotopic (exact) mass is 502 g/mol. The molecule has 1 saturated heterocycles. The van der Waals surface area contributed by atoms with Gasteiger partial charge in [0.05, 0.1) is 16.7 Å². The molecule has 0 atom stereocenters. The molecule has 0 aliphatic carbocycles. The molecule has 2 aliphatic rings. The van der Waals surface area contributed by atoms with Crippen molar-refractivity contribution in [3.63, 3.8) is 0 Å². The molecular weight excluding hydrogens is 481 g/mol. The van der Waals surface area contributed by atoms with Crippen LogP contribution in [0.4, 0.5) is 13.2 Å². The van der Waals surface area contributed by atoms with Gasteiger partial charge in [0.15, 0.2) is 17.2 Å². The highest BCUT2D eigenvalue weighted by molar-refractivity contribution is 9.10. The van der Waals surface area contributed by atoms with E-state index in [2.05, 4.69) is 25.9 Å². The fraction of sp³-hybridized carbons (Fsp3) is 0.500. The zero-order chi connectivity index (χ0) is 22.2. The summed E-state index contributed by atoms with van der Waals surface area (Å²) >= 11 is 2.95. The van der Waals surface area contributed by atoms with Crippen LogP contribution >= 0.6 is 15.9 Å². The van der Waals surface area contributed by atoms with Crippen LogP contribution in [0.25, 0.3) is 0 Å². The lowest BCUT2D eigenvalue weighted by Gasteiger charge is -2.34. The van der Waals surface area contributed by atoms with E-state index in [0.29, 0.717) is 18.8 Å². The van der Waals surface area contributed by atoms with Gasteiger partial charge in [-0.1, -0.05) is 6.07 Å². The van der Waals surface area contributed by atoms with E-state index in [4.69, 9.17) is 9.47 Å². The molecule has 1 amide bonds. The molecule has 31 heavy (non-hydrogen) atoms. The van der Waals surface area contributed by atoms with E-state index in [1.807, 2.05) is 18.2 Å². The number of piperazine rings is 1. The van der Waals surface area contributed by atoms with Crippen LogP contribution in [0, 0.1) is 6.92 Å². The topological polar surface area (TPSA) is 59.8 Å². The number of aryl methyl sites for hydroxylation is 1. The highest BCUT2D eigenvalue weighted by Gasteiger charge is 2.38. The number of carbonyl (C=O) groups excluding carboxylic acids is 1. The van der Waals surface area contributed by atoms with Gasteiger partial charge in [-0.15, -0.1) is 0 Å². The Labute approximate surface area is 185 Å². The Hall–Kier alpha value is -2.27. The lowest BCUT2D eigenvalue weighted by atomic mass is 10.1. The summed E-state index contributed by atoms with van der Waals surface area (Å²) < 4.78 is 50.9. The van der Waals surface area contributed by atoms with Gasteiger partial charge in [-0.3, -0.25) is 14.4 Å². The average molecular weight is 503 g/mol. The Kier molecular flexibility index (Phi) is 6.16. The standard InChI is InChI=1S/C20H22BrF3N4O3/c1-13-18(21)19(20(22,23)24)25-28(13)5-4-17(29)27-8-6-26(7-9-27)11-14-2-3-15-16(10-14)31-12-30-15/h2-3,10H,4-9,11-12H2,1H3. The van der Waals surface area contributed by atoms with Crippen LogP contribution in [0.1, 0.15) is 23.4 Å². The van der Waals surface area contributed by atoms with Gasteiger partial charge in [0.1, 0.15) is 0 Å². The minimum atomic E-state index is -4.53. The van der Waals surface area contributed by atoms with Gasteiger partial charge in [0.25, 0.3) is 0 Å². The van der Waals surface area contributed by atoms with Crippen LogP contribution < -0.4 is 9.47 Å². The summed E-state index contributed by atoms with van der Waals surface area (Å²) in [6.45, 7) is 5.27. The van der Waals surface area contributed by atoms with E-state index in [-0.39, 0.29) is 30.1 Å². The summed E-state index contributed by atoms with van der Waals surface area (Å²) in [6.07, 6.45) is -4.43. The van der Waals surface area contributed by atoms with Crippen LogP contribution in [0.2, 0.25) is 0 Å². The van der Waals surface area contributed by atoms with Crippen molar-refractivity contribution in [2.45, 2.75) is 32.6 Å². The van der Waals surface area contributed by atoms with Gasteiger partial charge < -0.3 is 14.4 Å². The number of aromatic nitrogens is 2. The number of carbonyl (C=O) groups is 1. The maximum atomic E-state index is 13.0. The van der Waals surface area contributed by atoms with E-state index in [9.17, 15) is 18.0 Å². The zero-order valence-corrected chi connectivity index (χ0v) is 18.5. The molecule has 0 unspecified atom stereocenters. The Balaban J connectivity index is 1.27. The van der Waals surface area contributed by atoms with E-state index >= 15 is 0 Å². The van der Waals surface area contributed by atoms with Crippen molar-refractivity contribution in [3.8, 4) is 11.5 Å². The first kappa shape index (κ1) is 21.9. The second-order valence-electron chi connectivity index (χ2n) is 7.56. The van der Waals surface area contributed by atoms with Gasteiger partial charge in [-0.05, 0) is 40.5 Å². The molecule has 7 nitrogen and oxygen atoms in total. The molecule has 3 heterocycles. The third-order valence-corrected chi connectivity index (χ3v) is 6.46. The van der Waals surface area contributed by atoms with Crippen LogP contribution in [0.3, 0.4) is 0 Å². The van der Waals surface area contributed by atoms with Crippen LogP contribution in [-0.2, 0) is 24.1 Å². The van der Waals surface area contributed by atoms with Gasteiger partial charge in [0, 0.05) is 39.1 Å². The van der Waals surface area contributed by atoms with Crippen molar-refractivity contribution in [2.24, 2.45) is 0 Å². The van der Waals surface area contributed by atoms with Gasteiger partial charge in [-0.2, -0.15) is 18.3 Å². The lowest BCUT2D eigenvalue weighted by Crippen LogP contribution is -2.48. The second kappa shape index (κ2) is 8.70. The molecule has 0 spiro atoms. The van der Waals surface area contributed by atoms with Crippen LogP contribution in [0.15, 0.2) is 22.7 Å². The van der Waals surface area contributed by atoms with Crippen LogP contribution in [-0.4, -0.2) is 58.5 Å². The first-order chi connectivity index (χ1) is 14.7. The Morgan fingerprint density at radius 2 is 1.87 bits per heavy atom. The number of nitrogens with zero attached hydrogens (tertiary/aromatic N) is 4. The van der Waals surface area contributed by atoms with Crippen molar-refractivity contribution in [1.29, 1.82) is 0 Å². The summed E-state index contributed by atoms with van der Waals surface area (Å²) in [7, 11) is 0. The van der Waals surface area contributed by atoms with Crippen molar-refractivity contribution in [2.75, 3.05) is 33.0 Å². The molecule has 2 aromatic rings. The molecule has 11 heteroatoms. The highest BCUT2D eigenvalue weighted by atomic mass is 79.9. The van der Waals surface area contributed by atoms with Gasteiger partial charge in [-0.25, -0.2) is 0 Å². The summed E-state index contributed by atoms with van der Waals surface area (Å²) in [4.78, 5) is 16.6. The molecule has 0 radical (unpaired) electrons. The van der Waals surface area contributed by atoms with E-state index in [1.54, 1.807) is 11.8 Å². The third-order valence-electron chi connectivity index (χ3n) is 5.51.